The number of anilines is 1. The molecule has 7 rings (SSSR count). The molecule has 5 aromatic rings. The van der Waals surface area contributed by atoms with Gasteiger partial charge in [0.2, 0.25) is 5.91 Å². The average Bonchev–Trinajstić information content (AvgIpc) is 3.77. The molecule has 2 aliphatic rings. The van der Waals surface area contributed by atoms with Gasteiger partial charge in [-0.15, -0.1) is 0 Å². The first kappa shape index (κ1) is 23.8. The van der Waals surface area contributed by atoms with Gasteiger partial charge >= 0.3 is 0 Å². The molecule has 1 saturated carbocycles. The van der Waals surface area contributed by atoms with Crippen molar-refractivity contribution < 1.29 is 9.32 Å². The maximum Gasteiger partial charge on any atom is 0.263 e. The van der Waals surface area contributed by atoms with Gasteiger partial charge in [0, 0.05) is 44.1 Å². The zero-order valence-electron chi connectivity index (χ0n) is 22.1. The second-order valence-corrected chi connectivity index (χ2v) is 10.8. The molecule has 0 radical (unpaired) electrons. The summed E-state index contributed by atoms with van der Waals surface area (Å²) in [5.41, 5.74) is 4.60. The molecule has 3 aromatic carbocycles. The van der Waals surface area contributed by atoms with Crippen molar-refractivity contribution in [2.45, 2.75) is 32.6 Å². The Hall–Kier alpha value is -4.26. The van der Waals surface area contributed by atoms with E-state index in [2.05, 4.69) is 71.6 Å². The third-order valence-electron chi connectivity index (χ3n) is 7.90. The fourth-order valence-electron chi connectivity index (χ4n) is 5.55. The number of amides is 1. The molecule has 1 aliphatic heterocycles. The van der Waals surface area contributed by atoms with Crippen LogP contribution in [0, 0.1) is 12.8 Å². The Kier molecular flexibility index (Phi) is 5.99. The quantitative estimate of drug-likeness (QED) is 0.294. The van der Waals surface area contributed by atoms with E-state index in [1.807, 2.05) is 17.0 Å². The minimum atomic E-state index is 0.237. The molecule has 0 spiro atoms. The zero-order chi connectivity index (χ0) is 26.3. The summed E-state index contributed by atoms with van der Waals surface area (Å²) in [6.07, 6.45) is 3.57. The molecule has 1 amide bonds. The lowest BCUT2D eigenvalue weighted by atomic mass is 10.0. The first-order chi connectivity index (χ1) is 19.1. The van der Waals surface area contributed by atoms with Gasteiger partial charge in [0.05, 0.1) is 0 Å². The van der Waals surface area contributed by atoms with E-state index in [1.54, 1.807) is 0 Å². The van der Waals surface area contributed by atoms with Gasteiger partial charge in [-0.1, -0.05) is 71.4 Å². The Balaban J connectivity index is 1.30. The SMILES string of the molecule is Cc1ccc(Cc2nc(N3CCCN(C(=O)C4CC4)CC3)c3c(-c4ccc5ccccc5c4)noc3n2)cc1. The van der Waals surface area contributed by atoms with Crippen LogP contribution in [0.25, 0.3) is 33.1 Å². The van der Waals surface area contributed by atoms with Crippen molar-refractivity contribution in [2.75, 3.05) is 31.1 Å². The van der Waals surface area contributed by atoms with Gasteiger partial charge in [-0.3, -0.25) is 4.79 Å². The number of carbonyl (C=O) groups is 1. The van der Waals surface area contributed by atoms with Crippen LogP contribution in [0.2, 0.25) is 0 Å². The van der Waals surface area contributed by atoms with Crippen LogP contribution in [0.1, 0.15) is 36.2 Å². The number of carbonyl (C=O) groups excluding carboxylic acids is 1. The second-order valence-electron chi connectivity index (χ2n) is 10.8. The molecular weight excluding hydrogens is 486 g/mol. The topological polar surface area (TPSA) is 75.4 Å². The number of aryl methyl sites for hydroxylation is 1. The maximum atomic E-state index is 12.8. The number of rotatable bonds is 5. The van der Waals surface area contributed by atoms with Crippen molar-refractivity contribution in [2.24, 2.45) is 5.92 Å². The first-order valence-corrected chi connectivity index (χ1v) is 13.9. The van der Waals surface area contributed by atoms with Crippen LogP contribution in [-0.4, -0.2) is 52.1 Å². The van der Waals surface area contributed by atoms with Crippen LogP contribution in [-0.2, 0) is 11.2 Å². The third kappa shape index (κ3) is 4.73. The van der Waals surface area contributed by atoms with Gasteiger partial charge in [-0.25, -0.2) is 4.98 Å². The van der Waals surface area contributed by atoms with E-state index in [1.165, 1.54) is 10.9 Å². The van der Waals surface area contributed by atoms with E-state index in [-0.39, 0.29) is 5.92 Å². The molecule has 1 saturated heterocycles. The first-order valence-electron chi connectivity index (χ1n) is 13.9. The highest BCUT2D eigenvalue weighted by Gasteiger charge is 2.34. The van der Waals surface area contributed by atoms with Gasteiger partial charge in [0.25, 0.3) is 5.71 Å². The molecule has 0 N–H and O–H groups in total. The number of hydrogen-bond acceptors (Lipinski definition) is 6. The predicted molar refractivity (Wildman–Crippen MR) is 153 cm³/mol. The van der Waals surface area contributed by atoms with Crippen LogP contribution in [0.5, 0.6) is 0 Å². The molecule has 7 heteroatoms. The van der Waals surface area contributed by atoms with Crippen molar-refractivity contribution in [3.63, 3.8) is 0 Å². The van der Waals surface area contributed by atoms with Gasteiger partial charge in [-0.2, -0.15) is 4.98 Å². The monoisotopic (exact) mass is 517 g/mol. The summed E-state index contributed by atoms with van der Waals surface area (Å²) in [5.74, 6) is 2.09. The summed E-state index contributed by atoms with van der Waals surface area (Å²) in [5, 5.41) is 7.68. The Morgan fingerprint density at radius 3 is 2.56 bits per heavy atom. The lowest BCUT2D eigenvalue weighted by Crippen LogP contribution is -2.36. The van der Waals surface area contributed by atoms with Gasteiger partial charge in [0.15, 0.2) is 0 Å². The Bertz CT molecular complexity index is 1670. The third-order valence-corrected chi connectivity index (χ3v) is 7.90. The van der Waals surface area contributed by atoms with Crippen molar-refractivity contribution in [1.29, 1.82) is 0 Å². The fourth-order valence-corrected chi connectivity index (χ4v) is 5.55. The van der Waals surface area contributed by atoms with Gasteiger partial charge < -0.3 is 14.3 Å². The molecule has 2 aromatic heterocycles. The Morgan fingerprint density at radius 2 is 1.74 bits per heavy atom. The largest absolute Gasteiger partial charge is 0.354 e. The molecule has 1 aliphatic carbocycles. The Morgan fingerprint density at radius 1 is 0.923 bits per heavy atom. The predicted octanol–water partition coefficient (Wildman–Crippen LogP) is 5.79. The lowest BCUT2D eigenvalue weighted by Gasteiger charge is -2.24. The average molecular weight is 518 g/mol. The molecule has 7 nitrogen and oxygen atoms in total. The van der Waals surface area contributed by atoms with Crippen LogP contribution >= 0.6 is 0 Å². The highest BCUT2D eigenvalue weighted by atomic mass is 16.5. The number of hydrogen-bond donors (Lipinski definition) is 0. The number of fused-ring (bicyclic) bond motifs is 2. The van der Waals surface area contributed by atoms with E-state index in [4.69, 9.17) is 14.5 Å². The van der Waals surface area contributed by atoms with E-state index >= 15 is 0 Å². The summed E-state index contributed by atoms with van der Waals surface area (Å²) in [4.78, 5) is 27.1. The summed E-state index contributed by atoms with van der Waals surface area (Å²) < 4.78 is 5.88. The number of nitrogens with zero attached hydrogens (tertiary/aromatic N) is 5. The summed E-state index contributed by atoms with van der Waals surface area (Å²) in [6, 6.07) is 23.1. The van der Waals surface area contributed by atoms with Gasteiger partial charge in [-0.05, 0) is 48.6 Å². The highest BCUT2D eigenvalue weighted by Crippen LogP contribution is 2.36. The zero-order valence-corrected chi connectivity index (χ0v) is 22.1. The fraction of sp³-hybridized carbons (Fsp3) is 0.312. The molecule has 0 atom stereocenters. The van der Waals surface area contributed by atoms with Crippen LogP contribution in [0.15, 0.2) is 71.3 Å². The van der Waals surface area contributed by atoms with E-state index < -0.39 is 0 Å². The summed E-state index contributed by atoms with van der Waals surface area (Å²) in [7, 11) is 0. The normalized spacial score (nSPS) is 16.1. The number of benzene rings is 3. The van der Waals surface area contributed by atoms with Crippen molar-refractivity contribution in [3.8, 4) is 11.3 Å². The minimum absolute atomic E-state index is 0.237. The molecule has 196 valence electrons. The van der Waals surface area contributed by atoms with Gasteiger partial charge in [0.1, 0.15) is 22.7 Å². The van der Waals surface area contributed by atoms with E-state index in [0.29, 0.717) is 30.4 Å². The minimum Gasteiger partial charge on any atom is -0.354 e. The molecule has 39 heavy (non-hydrogen) atoms. The standard InChI is InChI=1S/C32H31N5O2/c1-21-7-9-22(10-8-21)19-27-33-30(36-15-4-16-37(18-17-36)32(38)24-12-13-24)28-29(35-39-31(28)34-27)26-14-11-23-5-2-3-6-25(23)20-26/h2-3,5-11,14,20,24H,4,12-13,15-19H2,1H3. The van der Waals surface area contributed by atoms with Crippen LogP contribution in [0.4, 0.5) is 5.82 Å². The lowest BCUT2D eigenvalue weighted by molar-refractivity contribution is -0.132. The number of aromatic nitrogens is 3. The van der Waals surface area contributed by atoms with E-state index in [0.717, 1.165) is 72.3 Å². The molecular formula is C32H31N5O2. The van der Waals surface area contributed by atoms with Crippen molar-refractivity contribution in [3.05, 3.63) is 83.7 Å². The summed E-state index contributed by atoms with van der Waals surface area (Å²) in [6.45, 7) is 5.11. The van der Waals surface area contributed by atoms with Crippen molar-refractivity contribution >= 4 is 33.6 Å². The maximum absolute atomic E-state index is 12.8. The smallest absolute Gasteiger partial charge is 0.263 e. The Labute approximate surface area is 227 Å². The molecule has 2 fully saturated rings. The summed E-state index contributed by atoms with van der Waals surface area (Å²) >= 11 is 0. The molecule has 3 heterocycles. The molecule has 0 unspecified atom stereocenters. The molecule has 0 bridgehead atoms. The van der Waals surface area contributed by atoms with E-state index in [9.17, 15) is 4.79 Å². The second kappa shape index (κ2) is 9.80. The van der Waals surface area contributed by atoms with Crippen molar-refractivity contribution in [1.82, 2.24) is 20.0 Å². The van der Waals surface area contributed by atoms with Crippen LogP contribution < -0.4 is 4.90 Å². The highest BCUT2D eigenvalue weighted by molar-refractivity contribution is 6.00. The van der Waals surface area contributed by atoms with Crippen LogP contribution in [0.3, 0.4) is 0 Å².